The first-order valence-corrected chi connectivity index (χ1v) is 10.2. The summed E-state index contributed by atoms with van der Waals surface area (Å²) in [5.74, 6) is 0.598. The minimum Gasteiger partial charge on any atom is -0.338 e. The highest BCUT2D eigenvalue weighted by atomic mass is 16.2. The summed E-state index contributed by atoms with van der Waals surface area (Å²) in [6, 6.07) is 9.94. The maximum absolute atomic E-state index is 12.9. The van der Waals surface area contributed by atoms with Gasteiger partial charge in [-0.2, -0.15) is 0 Å². The van der Waals surface area contributed by atoms with Crippen LogP contribution in [-0.4, -0.2) is 34.7 Å². The van der Waals surface area contributed by atoms with Gasteiger partial charge in [0.05, 0.1) is 11.3 Å². The predicted octanol–water partition coefficient (Wildman–Crippen LogP) is 4.83. The van der Waals surface area contributed by atoms with Crippen molar-refractivity contribution in [1.29, 1.82) is 0 Å². The van der Waals surface area contributed by atoms with Crippen molar-refractivity contribution < 1.29 is 9.59 Å². The third-order valence-corrected chi connectivity index (χ3v) is 5.66. The summed E-state index contributed by atoms with van der Waals surface area (Å²) in [6.07, 6.45) is 4.03. The molecule has 4 nitrogen and oxygen atoms in total. The van der Waals surface area contributed by atoms with Gasteiger partial charge in [0.1, 0.15) is 5.78 Å². The van der Waals surface area contributed by atoms with Gasteiger partial charge < -0.3 is 4.90 Å². The second kappa shape index (κ2) is 8.68. The summed E-state index contributed by atoms with van der Waals surface area (Å²) < 4.78 is 0. The molecule has 148 valence electrons. The number of ketones is 1. The Balaban J connectivity index is 1.72. The minimum absolute atomic E-state index is 0.0257. The van der Waals surface area contributed by atoms with E-state index in [2.05, 4.69) is 44.8 Å². The monoisotopic (exact) mass is 378 g/mol. The first-order valence-electron chi connectivity index (χ1n) is 10.2. The molecule has 1 atom stereocenters. The van der Waals surface area contributed by atoms with Gasteiger partial charge in [0.2, 0.25) is 0 Å². The van der Waals surface area contributed by atoms with Gasteiger partial charge in [-0.3, -0.25) is 14.6 Å². The number of pyridine rings is 1. The van der Waals surface area contributed by atoms with Crippen LogP contribution in [0.3, 0.4) is 0 Å². The van der Waals surface area contributed by atoms with E-state index in [4.69, 9.17) is 0 Å². The van der Waals surface area contributed by atoms with Gasteiger partial charge in [-0.1, -0.05) is 32.0 Å². The van der Waals surface area contributed by atoms with Crippen LogP contribution in [0.1, 0.15) is 54.6 Å². The van der Waals surface area contributed by atoms with Crippen LogP contribution in [0, 0.1) is 25.7 Å². The topological polar surface area (TPSA) is 50.3 Å². The average Bonchev–Trinajstić information content (AvgIpc) is 2.69. The fraction of sp³-hybridized carbons (Fsp3) is 0.458. The lowest BCUT2D eigenvalue weighted by Crippen LogP contribution is -2.42. The quantitative estimate of drug-likeness (QED) is 0.748. The standard InChI is InChI=1S/C24H30N2O2/c1-16(2)13-23(27)20-8-6-12-26(15-20)24(28)19-10-11-22(25-14-19)21-9-5-7-17(3)18(21)4/h5,7,9-11,14,16,20H,6,8,12-13,15H2,1-4H3/t20-/m1/s1. The van der Waals surface area contributed by atoms with Crippen LogP contribution in [0.15, 0.2) is 36.5 Å². The van der Waals surface area contributed by atoms with Crippen molar-refractivity contribution in [1.82, 2.24) is 9.88 Å². The number of piperidine rings is 1. The lowest BCUT2D eigenvalue weighted by molar-refractivity contribution is -0.124. The summed E-state index contributed by atoms with van der Waals surface area (Å²) in [5.41, 5.74) is 4.99. The summed E-state index contributed by atoms with van der Waals surface area (Å²) in [4.78, 5) is 31.7. The van der Waals surface area contributed by atoms with Crippen LogP contribution in [0.25, 0.3) is 11.3 Å². The Labute approximate surface area is 168 Å². The maximum Gasteiger partial charge on any atom is 0.255 e. The number of benzene rings is 1. The molecule has 0 radical (unpaired) electrons. The Morgan fingerprint density at radius 2 is 1.96 bits per heavy atom. The first-order chi connectivity index (χ1) is 13.4. The van der Waals surface area contributed by atoms with Crippen molar-refractivity contribution in [2.75, 3.05) is 13.1 Å². The molecule has 0 unspecified atom stereocenters. The van der Waals surface area contributed by atoms with Crippen molar-refractivity contribution in [3.8, 4) is 11.3 Å². The molecule has 1 aliphatic heterocycles. The van der Waals surface area contributed by atoms with Gasteiger partial charge >= 0.3 is 0 Å². The van der Waals surface area contributed by atoms with E-state index in [0.29, 0.717) is 31.0 Å². The average molecular weight is 379 g/mol. The van der Waals surface area contributed by atoms with Crippen LogP contribution < -0.4 is 0 Å². The molecule has 2 heterocycles. The Morgan fingerprint density at radius 3 is 2.64 bits per heavy atom. The minimum atomic E-state index is -0.0259. The Hall–Kier alpha value is -2.49. The van der Waals surface area contributed by atoms with Crippen molar-refractivity contribution in [3.05, 3.63) is 53.2 Å². The molecule has 0 N–H and O–H groups in total. The smallest absolute Gasteiger partial charge is 0.255 e. The molecule has 4 heteroatoms. The highest BCUT2D eigenvalue weighted by molar-refractivity contribution is 5.95. The van der Waals surface area contributed by atoms with Crippen molar-refractivity contribution in [2.45, 2.75) is 47.0 Å². The molecule has 0 spiro atoms. The number of aromatic nitrogens is 1. The van der Waals surface area contributed by atoms with E-state index in [1.807, 2.05) is 23.1 Å². The zero-order valence-corrected chi connectivity index (χ0v) is 17.4. The third kappa shape index (κ3) is 4.49. The van der Waals surface area contributed by atoms with E-state index in [1.54, 1.807) is 6.20 Å². The predicted molar refractivity (Wildman–Crippen MR) is 112 cm³/mol. The summed E-state index contributed by atoms with van der Waals surface area (Å²) in [6.45, 7) is 9.54. The molecule has 1 fully saturated rings. The second-order valence-corrected chi connectivity index (χ2v) is 8.33. The number of aryl methyl sites for hydroxylation is 1. The summed E-state index contributed by atoms with van der Waals surface area (Å²) in [5, 5.41) is 0. The highest BCUT2D eigenvalue weighted by Gasteiger charge is 2.29. The second-order valence-electron chi connectivity index (χ2n) is 8.33. The zero-order valence-electron chi connectivity index (χ0n) is 17.4. The van der Waals surface area contributed by atoms with Gasteiger partial charge in [0.25, 0.3) is 5.91 Å². The molecule has 3 rings (SSSR count). The molecule has 1 saturated heterocycles. The number of hydrogen-bond acceptors (Lipinski definition) is 3. The van der Waals surface area contributed by atoms with Crippen LogP contribution in [0.4, 0.5) is 0 Å². The van der Waals surface area contributed by atoms with Crippen LogP contribution >= 0.6 is 0 Å². The molecule has 1 aromatic heterocycles. The number of carbonyl (C=O) groups excluding carboxylic acids is 2. The largest absolute Gasteiger partial charge is 0.338 e. The van der Waals surface area contributed by atoms with E-state index in [-0.39, 0.29) is 17.6 Å². The van der Waals surface area contributed by atoms with Gasteiger partial charge in [-0.15, -0.1) is 0 Å². The number of Topliss-reactive ketones (excluding diaryl/α,β-unsaturated/α-hetero) is 1. The van der Waals surface area contributed by atoms with E-state index in [0.717, 1.165) is 24.1 Å². The SMILES string of the molecule is Cc1cccc(-c2ccc(C(=O)N3CCC[C@@H](C(=O)CC(C)C)C3)cn2)c1C. The molecule has 1 amide bonds. The molecule has 0 aliphatic carbocycles. The summed E-state index contributed by atoms with van der Waals surface area (Å²) >= 11 is 0. The number of likely N-dealkylation sites (tertiary alicyclic amines) is 1. The van der Waals surface area contributed by atoms with Gasteiger partial charge in [0, 0.05) is 37.2 Å². The zero-order chi connectivity index (χ0) is 20.3. The molecular weight excluding hydrogens is 348 g/mol. The Bertz CT molecular complexity index is 855. The number of carbonyl (C=O) groups is 2. The Kier molecular flexibility index (Phi) is 6.28. The van der Waals surface area contributed by atoms with Crippen molar-refractivity contribution >= 4 is 11.7 Å². The summed E-state index contributed by atoms with van der Waals surface area (Å²) in [7, 11) is 0. The first kappa shape index (κ1) is 20.2. The van der Waals surface area contributed by atoms with E-state index in [9.17, 15) is 9.59 Å². The fourth-order valence-electron chi connectivity index (χ4n) is 3.88. The van der Waals surface area contributed by atoms with Crippen molar-refractivity contribution in [2.24, 2.45) is 11.8 Å². The molecule has 28 heavy (non-hydrogen) atoms. The third-order valence-electron chi connectivity index (χ3n) is 5.66. The van der Waals surface area contributed by atoms with E-state index in [1.165, 1.54) is 11.1 Å². The molecule has 2 aromatic rings. The van der Waals surface area contributed by atoms with E-state index >= 15 is 0 Å². The fourth-order valence-corrected chi connectivity index (χ4v) is 3.88. The lowest BCUT2D eigenvalue weighted by Gasteiger charge is -2.32. The molecule has 0 saturated carbocycles. The maximum atomic E-state index is 12.9. The molecule has 0 bridgehead atoms. The van der Waals surface area contributed by atoms with Gasteiger partial charge in [-0.05, 0) is 55.9 Å². The lowest BCUT2D eigenvalue weighted by atomic mass is 9.89. The highest BCUT2D eigenvalue weighted by Crippen LogP contribution is 2.25. The van der Waals surface area contributed by atoms with Gasteiger partial charge in [-0.25, -0.2) is 0 Å². The molecule has 1 aromatic carbocycles. The molecular formula is C24H30N2O2. The van der Waals surface area contributed by atoms with Crippen molar-refractivity contribution in [3.63, 3.8) is 0 Å². The molecule has 1 aliphatic rings. The normalized spacial score (nSPS) is 17.0. The number of nitrogens with zero attached hydrogens (tertiary/aromatic N) is 2. The number of rotatable bonds is 5. The van der Waals surface area contributed by atoms with E-state index < -0.39 is 0 Å². The van der Waals surface area contributed by atoms with Crippen LogP contribution in [0.2, 0.25) is 0 Å². The van der Waals surface area contributed by atoms with Gasteiger partial charge in [0.15, 0.2) is 0 Å². The van der Waals surface area contributed by atoms with Crippen LogP contribution in [0.5, 0.6) is 0 Å². The number of amides is 1. The number of hydrogen-bond donors (Lipinski definition) is 0. The van der Waals surface area contributed by atoms with Crippen LogP contribution in [-0.2, 0) is 4.79 Å². The Morgan fingerprint density at radius 1 is 1.18 bits per heavy atom.